The van der Waals surface area contributed by atoms with Crippen molar-refractivity contribution in [2.24, 2.45) is 0 Å². The molecule has 3 aromatic rings. The Morgan fingerprint density at radius 1 is 1.21 bits per heavy atom. The van der Waals surface area contributed by atoms with Crippen LogP contribution in [0.4, 0.5) is 4.79 Å². The lowest BCUT2D eigenvalue weighted by Crippen LogP contribution is -2.41. The number of likely N-dealkylation sites (tertiary alicyclic amines) is 1. The zero-order valence-electron chi connectivity index (χ0n) is 15.5. The molecule has 0 aliphatic carbocycles. The lowest BCUT2D eigenvalue weighted by Gasteiger charge is -2.29. The van der Waals surface area contributed by atoms with Crippen LogP contribution in [0.1, 0.15) is 12.8 Å². The second-order valence-electron chi connectivity index (χ2n) is 6.77. The number of hydrogen-bond donors (Lipinski definition) is 1. The van der Waals surface area contributed by atoms with Crippen molar-refractivity contribution in [1.29, 1.82) is 0 Å². The Morgan fingerprint density at radius 2 is 1.90 bits per heavy atom. The van der Waals surface area contributed by atoms with E-state index < -0.39 is 15.9 Å². The predicted molar refractivity (Wildman–Crippen MR) is 101 cm³/mol. The fraction of sp³-hybridized carbons (Fsp3) is 0.333. The van der Waals surface area contributed by atoms with Crippen LogP contribution in [0.5, 0.6) is 5.88 Å². The number of rotatable bonds is 4. The van der Waals surface area contributed by atoms with Crippen LogP contribution in [-0.2, 0) is 9.84 Å². The SMILES string of the molecule is CS(=O)(=O)c1ccc(-c2noc3c(OC4CCN(C(=O)O)CC4)ncnc23)cc1. The summed E-state index contributed by atoms with van der Waals surface area (Å²) < 4.78 is 34.6. The summed E-state index contributed by atoms with van der Waals surface area (Å²) >= 11 is 0. The van der Waals surface area contributed by atoms with Crippen molar-refractivity contribution in [3.8, 4) is 17.1 Å². The molecular formula is C18H18N4O6S. The van der Waals surface area contributed by atoms with Crippen LogP contribution in [0.25, 0.3) is 22.4 Å². The molecule has 0 bridgehead atoms. The van der Waals surface area contributed by atoms with Crippen molar-refractivity contribution in [3.05, 3.63) is 30.6 Å². The molecule has 0 radical (unpaired) electrons. The maximum absolute atomic E-state index is 11.6. The van der Waals surface area contributed by atoms with Gasteiger partial charge >= 0.3 is 6.09 Å². The van der Waals surface area contributed by atoms with E-state index in [9.17, 15) is 13.2 Å². The Hall–Kier alpha value is -3.21. The zero-order chi connectivity index (χ0) is 20.6. The van der Waals surface area contributed by atoms with Crippen molar-refractivity contribution in [2.75, 3.05) is 19.3 Å². The minimum Gasteiger partial charge on any atom is -0.471 e. The van der Waals surface area contributed by atoms with Crippen molar-refractivity contribution < 1.29 is 27.6 Å². The van der Waals surface area contributed by atoms with E-state index in [1.165, 1.54) is 23.4 Å². The maximum Gasteiger partial charge on any atom is 0.407 e. The van der Waals surface area contributed by atoms with Crippen LogP contribution < -0.4 is 4.74 Å². The average molecular weight is 418 g/mol. The van der Waals surface area contributed by atoms with E-state index in [-0.39, 0.29) is 22.5 Å². The highest BCUT2D eigenvalue weighted by Crippen LogP contribution is 2.32. The van der Waals surface area contributed by atoms with Gasteiger partial charge in [-0.05, 0) is 12.1 Å². The third kappa shape index (κ3) is 3.86. The van der Waals surface area contributed by atoms with Crippen molar-refractivity contribution in [2.45, 2.75) is 23.8 Å². The van der Waals surface area contributed by atoms with E-state index in [2.05, 4.69) is 15.1 Å². The van der Waals surface area contributed by atoms with Gasteiger partial charge in [0.15, 0.2) is 9.84 Å². The summed E-state index contributed by atoms with van der Waals surface area (Å²) in [5.74, 6) is 0.246. The molecule has 1 aliphatic heterocycles. The summed E-state index contributed by atoms with van der Waals surface area (Å²) in [7, 11) is -3.29. The molecule has 0 spiro atoms. The second-order valence-corrected chi connectivity index (χ2v) is 8.79. The Morgan fingerprint density at radius 3 is 2.52 bits per heavy atom. The number of benzene rings is 1. The Kier molecular flexibility index (Phi) is 4.82. The van der Waals surface area contributed by atoms with Crippen LogP contribution in [0.3, 0.4) is 0 Å². The van der Waals surface area contributed by atoms with E-state index in [0.717, 1.165) is 6.26 Å². The van der Waals surface area contributed by atoms with Crippen LogP contribution in [0, 0.1) is 0 Å². The van der Waals surface area contributed by atoms with Gasteiger partial charge in [-0.2, -0.15) is 4.98 Å². The molecular weight excluding hydrogens is 400 g/mol. The number of fused-ring (bicyclic) bond motifs is 1. The molecule has 152 valence electrons. The Balaban J connectivity index is 1.58. The number of hydrogen-bond acceptors (Lipinski definition) is 8. The molecule has 0 saturated carbocycles. The summed E-state index contributed by atoms with van der Waals surface area (Å²) in [5.41, 5.74) is 1.84. The first-order valence-electron chi connectivity index (χ1n) is 8.88. The number of ether oxygens (including phenoxy) is 1. The molecule has 1 N–H and O–H groups in total. The number of sulfone groups is 1. The third-order valence-electron chi connectivity index (χ3n) is 4.77. The Labute approximate surface area is 166 Å². The fourth-order valence-corrected chi connectivity index (χ4v) is 3.83. The molecule has 1 aliphatic rings. The van der Waals surface area contributed by atoms with E-state index in [1.54, 1.807) is 12.1 Å². The molecule has 0 unspecified atom stereocenters. The van der Waals surface area contributed by atoms with E-state index in [1.807, 2.05) is 0 Å². The molecule has 1 saturated heterocycles. The first-order chi connectivity index (χ1) is 13.8. The van der Waals surface area contributed by atoms with Gasteiger partial charge in [-0.1, -0.05) is 17.3 Å². The average Bonchev–Trinajstić information content (AvgIpc) is 3.13. The van der Waals surface area contributed by atoms with Crippen molar-refractivity contribution in [3.63, 3.8) is 0 Å². The molecule has 1 aromatic carbocycles. The lowest BCUT2D eigenvalue weighted by atomic mass is 10.1. The summed E-state index contributed by atoms with van der Waals surface area (Å²) in [6, 6.07) is 6.27. The van der Waals surface area contributed by atoms with Crippen molar-refractivity contribution in [1.82, 2.24) is 20.0 Å². The molecule has 29 heavy (non-hydrogen) atoms. The highest BCUT2D eigenvalue weighted by molar-refractivity contribution is 7.90. The maximum atomic E-state index is 11.6. The van der Waals surface area contributed by atoms with E-state index >= 15 is 0 Å². The van der Waals surface area contributed by atoms with E-state index in [4.69, 9.17) is 14.4 Å². The number of carboxylic acid groups (broad SMARTS) is 1. The van der Waals surface area contributed by atoms with Crippen molar-refractivity contribution >= 4 is 27.0 Å². The first kappa shape index (κ1) is 19.1. The van der Waals surface area contributed by atoms with Gasteiger partial charge in [-0.15, -0.1) is 0 Å². The molecule has 1 amide bonds. The predicted octanol–water partition coefficient (Wildman–Crippen LogP) is 2.21. The zero-order valence-corrected chi connectivity index (χ0v) is 16.3. The largest absolute Gasteiger partial charge is 0.471 e. The quantitative estimate of drug-likeness (QED) is 0.676. The molecule has 10 nitrogen and oxygen atoms in total. The van der Waals surface area contributed by atoms with Gasteiger partial charge < -0.3 is 19.3 Å². The van der Waals surface area contributed by atoms with Gasteiger partial charge in [0, 0.05) is 37.8 Å². The van der Waals surface area contributed by atoms with Gasteiger partial charge in [0.2, 0.25) is 5.58 Å². The molecule has 11 heteroatoms. The minimum atomic E-state index is -3.29. The van der Waals surface area contributed by atoms with Gasteiger partial charge in [-0.25, -0.2) is 18.2 Å². The third-order valence-corrected chi connectivity index (χ3v) is 5.90. The number of amides is 1. The minimum absolute atomic E-state index is 0.189. The first-order valence-corrected chi connectivity index (χ1v) is 10.8. The van der Waals surface area contributed by atoms with Crippen LogP contribution in [0.15, 0.2) is 40.0 Å². The summed E-state index contributed by atoms with van der Waals surface area (Å²) in [5, 5.41) is 13.1. The summed E-state index contributed by atoms with van der Waals surface area (Å²) in [4.78, 5) is 20.9. The second kappa shape index (κ2) is 7.32. The molecule has 0 atom stereocenters. The summed E-state index contributed by atoms with van der Waals surface area (Å²) in [6.45, 7) is 0.783. The molecule has 4 rings (SSSR count). The highest BCUT2D eigenvalue weighted by Gasteiger charge is 2.26. The number of nitrogens with zero attached hydrogens (tertiary/aromatic N) is 4. The standard InChI is InChI=1S/C18H18N4O6S/c1-29(25,26)13-4-2-11(3-5-13)14-15-16(28-21-14)17(20-10-19-15)27-12-6-8-22(9-7-12)18(23)24/h2-5,10,12H,6-9H2,1H3,(H,23,24). The number of piperidine rings is 1. The molecule has 2 aromatic heterocycles. The monoisotopic (exact) mass is 418 g/mol. The number of aromatic nitrogens is 3. The van der Waals surface area contributed by atoms with Crippen LogP contribution in [0.2, 0.25) is 0 Å². The van der Waals surface area contributed by atoms with E-state index in [0.29, 0.717) is 42.7 Å². The smallest absolute Gasteiger partial charge is 0.407 e. The van der Waals surface area contributed by atoms with Crippen LogP contribution >= 0.6 is 0 Å². The number of carbonyl (C=O) groups is 1. The van der Waals surface area contributed by atoms with Gasteiger partial charge in [0.1, 0.15) is 23.6 Å². The lowest BCUT2D eigenvalue weighted by molar-refractivity contribution is 0.0871. The Bertz CT molecular complexity index is 1150. The van der Waals surface area contributed by atoms with Gasteiger partial charge in [0.05, 0.1) is 4.90 Å². The normalized spacial score (nSPS) is 15.6. The summed E-state index contributed by atoms with van der Waals surface area (Å²) in [6.07, 6.45) is 2.46. The molecule has 1 fully saturated rings. The molecule has 3 heterocycles. The van der Waals surface area contributed by atoms with Gasteiger partial charge in [-0.3, -0.25) is 0 Å². The van der Waals surface area contributed by atoms with Gasteiger partial charge in [0.25, 0.3) is 5.88 Å². The highest BCUT2D eigenvalue weighted by atomic mass is 32.2. The topological polar surface area (TPSA) is 136 Å². The van der Waals surface area contributed by atoms with Crippen LogP contribution in [-0.4, -0.2) is 65.1 Å². The fourth-order valence-electron chi connectivity index (χ4n) is 3.20.